The highest BCUT2D eigenvalue weighted by Gasteiger charge is 2.54. The molecule has 7 N–H and O–H groups in total. The molecule has 1 fully saturated rings. The van der Waals surface area contributed by atoms with Crippen molar-refractivity contribution in [3.05, 3.63) is 24.3 Å². The number of allylic oxidation sites excluding steroid dienone is 4. The third kappa shape index (κ3) is 28.8. The molecule has 0 spiro atoms. The monoisotopic (exact) mass is 928 g/mol. The number of phosphoric acid groups is 2. The number of carbonyl (C=O) groups excluding carboxylic acids is 3. The maximum Gasteiger partial charge on any atom is 0.472 e. The second-order valence-electron chi connectivity index (χ2n) is 16.2. The van der Waals surface area contributed by atoms with Crippen molar-refractivity contribution < 1.29 is 81.7 Å². The van der Waals surface area contributed by atoms with E-state index in [1.807, 2.05) is 6.08 Å². The van der Waals surface area contributed by atoms with Crippen molar-refractivity contribution >= 4 is 33.4 Å². The maximum atomic E-state index is 13.0. The van der Waals surface area contributed by atoms with Gasteiger partial charge in [-0.2, -0.15) is 0 Å². The van der Waals surface area contributed by atoms with Gasteiger partial charge in [-0.3, -0.25) is 28.0 Å². The van der Waals surface area contributed by atoms with Gasteiger partial charge in [0.15, 0.2) is 11.9 Å². The molecule has 19 heteroatoms. The van der Waals surface area contributed by atoms with Gasteiger partial charge >= 0.3 is 27.6 Å². The van der Waals surface area contributed by atoms with Crippen LogP contribution in [-0.2, 0) is 46.6 Å². The quantitative estimate of drug-likeness (QED) is 0.0105. The molecule has 0 aromatic rings. The zero-order valence-corrected chi connectivity index (χ0v) is 38.8. The lowest BCUT2D eigenvalue weighted by atomic mass is 9.85. The first-order valence-corrected chi connectivity index (χ1v) is 25.9. The van der Waals surface area contributed by atoms with Gasteiger partial charge in [0, 0.05) is 19.3 Å². The predicted octanol–water partition coefficient (Wildman–Crippen LogP) is 7.35. The lowest BCUT2D eigenvalue weighted by molar-refractivity contribution is -0.216. The number of phosphoric ester groups is 2. The van der Waals surface area contributed by atoms with Gasteiger partial charge in [-0.15, -0.1) is 0 Å². The zero-order chi connectivity index (χ0) is 46.2. The van der Waals surface area contributed by atoms with Crippen LogP contribution in [0.2, 0.25) is 0 Å². The Labute approximate surface area is 368 Å². The molecule has 0 bridgehead atoms. The fourth-order valence-electron chi connectivity index (χ4n) is 6.89. The standard InChI is InChI=1S/C43H78O17P2/c1-3-5-7-9-11-12-13-14-15-16-18-22-27-31-37(46)58-35(32-56-36(45)30-26-23-19-21-25-29-34(44)28-24-20-17-10-8-6-4-2)33-57-62(54,55)60-43-40(49)38(47)39(48)42(41(43)50)59-61(51,52)53/h17,20,24,28,35,38-43,47-50H,3-16,18-19,21-23,25-27,29-33H2,1-2H3,(H,54,55)(H2,51,52,53)/b20-17-,28-24+/t35-,38?,39?,40?,41?,42-,43+/m1/s1. The van der Waals surface area contributed by atoms with Crippen LogP contribution in [0.5, 0.6) is 0 Å². The van der Waals surface area contributed by atoms with Gasteiger partial charge < -0.3 is 44.6 Å². The predicted molar refractivity (Wildman–Crippen MR) is 232 cm³/mol. The number of aliphatic hydroxyl groups excluding tert-OH is 4. The Bertz CT molecular complexity index is 1370. The first-order valence-electron chi connectivity index (χ1n) is 22.8. The number of ether oxygens (including phenoxy) is 2. The number of ketones is 1. The molecule has 8 atom stereocenters. The molecule has 0 amide bonds. The third-order valence-corrected chi connectivity index (χ3v) is 12.0. The molecule has 0 saturated heterocycles. The van der Waals surface area contributed by atoms with Crippen LogP contribution in [0.15, 0.2) is 24.3 Å². The van der Waals surface area contributed by atoms with Gasteiger partial charge in [0.2, 0.25) is 0 Å². The van der Waals surface area contributed by atoms with Gasteiger partial charge in [0.05, 0.1) is 6.61 Å². The summed E-state index contributed by atoms with van der Waals surface area (Å²) in [5.74, 6) is -1.23. The number of carbonyl (C=O) groups is 3. The van der Waals surface area contributed by atoms with Crippen molar-refractivity contribution in [1.82, 2.24) is 0 Å². The number of hydrogen-bond donors (Lipinski definition) is 7. The van der Waals surface area contributed by atoms with E-state index in [2.05, 4.69) is 24.4 Å². The second-order valence-corrected chi connectivity index (χ2v) is 18.8. The number of rotatable bonds is 38. The van der Waals surface area contributed by atoms with Crippen LogP contribution in [0.4, 0.5) is 0 Å². The minimum Gasteiger partial charge on any atom is -0.462 e. The zero-order valence-electron chi connectivity index (χ0n) is 37.1. The summed E-state index contributed by atoms with van der Waals surface area (Å²) >= 11 is 0. The lowest BCUT2D eigenvalue weighted by Crippen LogP contribution is -2.64. The van der Waals surface area contributed by atoms with Gasteiger partial charge in [0.1, 0.15) is 43.2 Å². The smallest absolute Gasteiger partial charge is 0.462 e. The maximum absolute atomic E-state index is 13.0. The molecule has 1 saturated carbocycles. The van der Waals surface area contributed by atoms with E-state index in [1.54, 1.807) is 12.2 Å². The first-order chi connectivity index (χ1) is 29.5. The summed E-state index contributed by atoms with van der Waals surface area (Å²) in [6, 6.07) is 0. The van der Waals surface area contributed by atoms with Gasteiger partial charge in [0.25, 0.3) is 0 Å². The van der Waals surface area contributed by atoms with E-state index in [0.717, 1.165) is 64.2 Å². The van der Waals surface area contributed by atoms with Gasteiger partial charge in [-0.1, -0.05) is 141 Å². The Morgan fingerprint density at radius 3 is 1.55 bits per heavy atom. The lowest BCUT2D eigenvalue weighted by Gasteiger charge is -2.43. The first kappa shape index (κ1) is 58.2. The molecule has 1 aliphatic rings. The highest BCUT2D eigenvalue weighted by atomic mass is 31.2. The molecule has 0 aromatic heterocycles. The second kappa shape index (κ2) is 34.5. The average Bonchev–Trinajstić information content (AvgIpc) is 3.22. The highest BCUT2D eigenvalue weighted by molar-refractivity contribution is 7.47. The minimum absolute atomic E-state index is 0.0230. The number of aliphatic hydroxyl groups is 4. The van der Waals surface area contributed by atoms with E-state index >= 15 is 0 Å². The van der Waals surface area contributed by atoms with Gasteiger partial charge in [-0.25, -0.2) is 9.13 Å². The van der Waals surface area contributed by atoms with Crippen LogP contribution < -0.4 is 0 Å². The summed E-state index contributed by atoms with van der Waals surface area (Å²) in [5.41, 5.74) is 0. The van der Waals surface area contributed by atoms with Crippen molar-refractivity contribution in [2.45, 2.75) is 217 Å². The van der Waals surface area contributed by atoms with Crippen molar-refractivity contribution in [2.75, 3.05) is 13.2 Å². The Morgan fingerprint density at radius 2 is 1.02 bits per heavy atom. The van der Waals surface area contributed by atoms with E-state index in [9.17, 15) is 48.8 Å². The molecular weight excluding hydrogens is 850 g/mol. The SMILES string of the molecule is CCCCC/C=C\C=C\C(=O)CCCCCCCC(=O)OC[C@H](COP(=O)(O)O[C@H]1C(O)C(O)C(O)[C@@H](OP(=O)(O)O)C1O)OC(=O)CCCCCCCCCCCCCCC. The molecule has 1 aliphatic carbocycles. The summed E-state index contributed by atoms with van der Waals surface area (Å²) in [5, 5.41) is 41.2. The number of esters is 2. The van der Waals surface area contributed by atoms with E-state index in [1.165, 1.54) is 57.8 Å². The van der Waals surface area contributed by atoms with E-state index in [4.69, 9.17) is 28.3 Å². The topological polar surface area (TPSA) is 273 Å². The Kier molecular flexibility index (Phi) is 32.4. The molecule has 0 heterocycles. The summed E-state index contributed by atoms with van der Waals surface area (Å²) in [7, 11) is -10.7. The van der Waals surface area contributed by atoms with Crippen molar-refractivity contribution in [1.29, 1.82) is 0 Å². The Balaban J connectivity index is 2.64. The third-order valence-electron chi connectivity index (χ3n) is 10.5. The summed E-state index contributed by atoms with van der Waals surface area (Å²) in [6.07, 6.45) is 15.3. The van der Waals surface area contributed by atoms with E-state index in [-0.39, 0.29) is 18.6 Å². The molecule has 17 nitrogen and oxygen atoms in total. The van der Waals surface area contributed by atoms with Gasteiger partial charge in [-0.05, 0) is 38.2 Å². The molecule has 0 aliphatic heterocycles. The molecule has 62 heavy (non-hydrogen) atoms. The molecule has 0 radical (unpaired) electrons. The summed E-state index contributed by atoms with van der Waals surface area (Å²) < 4.78 is 49.2. The van der Waals surface area contributed by atoms with Crippen molar-refractivity contribution in [2.24, 2.45) is 0 Å². The molecule has 5 unspecified atom stereocenters. The van der Waals surface area contributed by atoms with Crippen molar-refractivity contribution in [3.8, 4) is 0 Å². The van der Waals surface area contributed by atoms with Crippen LogP contribution in [-0.4, -0.2) is 109 Å². The van der Waals surface area contributed by atoms with Crippen LogP contribution in [0.1, 0.15) is 174 Å². The van der Waals surface area contributed by atoms with E-state index in [0.29, 0.717) is 25.7 Å². The Morgan fingerprint density at radius 1 is 0.548 bits per heavy atom. The highest BCUT2D eigenvalue weighted by Crippen LogP contribution is 2.49. The molecule has 1 rings (SSSR count). The van der Waals surface area contributed by atoms with Crippen LogP contribution in [0.25, 0.3) is 0 Å². The largest absolute Gasteiger partial charge is 0.472 e. The normalized spacial score (nSPS) is 22.2. The van der Waals surface area contributed by atoms with Crippen LogP contribution in [0, 0.1) is 0 Å². The fourth-order valence-corrected chi connectivity index (χ4v) is 8.43. The van der Waals surface area contributed by atoms with Crippen LogP contribution >= 0.6 is 15.6 Å². The molecule has 0 aromatic carbocycles. The summed E-state index contributed by atoms with van der Waals surface area (Å²) in [6.45, 7) is 2.94. The minimum atomic E-state index is -5.37. The van der Waals surface area contributed by atoms with Crippen molar-refractivity contribution in [3.63, 3.8) is 0 Å². The molecule has 362 valence electrons. The molecular formula is C43H78O17P2. The number of unbranched alkanes of at least 4 members (excludes halogenated alkanes) is 19. The summed E-state index contributed by atoms with van der Waals surface area (Å²) in [4.78, 5) is 66.2. The average molecular weight is 929 g/mol. The Hall–Kier alpha value is -1.85. The van der Waals surface area contributed by atoms with Crippen LogP contribution in [0.3, 0.4) is 0 Å². The fraction of sp³-hybridized carbons (Fsp3) is 0.837. The van der Waals surface area contributed by atoms with E-state index < -0.39 is 83.5 Å². The number of hydrogen-bond acceptors (Lipinski definition) is 14.